The maximum absolute atomic E-state index is 10.7. The first kappa shape index (κ1) is 11.4. The predicted octanol–water partition coefficient (Wildman–Crippen LogP) is -3.30. The number of rotatable bonds is 0. The minimum atomic E-state index is -1.40. The topological polar surface area (TPSA) is 96.2 Å². The van der Waals surface area contributed by atoms with Gasteiger partial charge in [-0.05, 0) is 0 Å². The fraction of sp³-hybridized carbons (Fsp3) is 0.833. The molecule has 13 heavy (non-hydrogen) atoms. The van der Waals surface area contributed by atoms with Gasteiger partial charge in [0.2, 0.25) is 0 Å². The van der Waals surface area contributed by atoms with E-state index in [1.807, 2.05) is 0 Å². The molecule has 7 heteroatoms. The zero-order chi connectivity index (χ0) is 8.88. The van der Waals surface area contributed by atoms with Crippen molar-refractivity contribution in [1.82, 2.24) is 0 Å². The first-order valence-electron chi connectivity index (χ1n) is 3.51. The number of aliphatic hydroxyl groups is 3. The zero-order valence-electron chi connectivity index (χ0n) is 5.95. The molecular formula is C6H9NaO6. The summed E-state index contributed by atoms with van der Waals surface area (Å²) >= 11 is 0. The van der Waals surface area contributed by atoms with Gasteiger partial charge in [-0.15, -0.1) is 0 Å². The van der Waals surface area contributed by atoms with E-state index in [-0.39, 0.29) is 29.6 Å². The molecular weight excluding hydrogens is 191 g/mol. The van der Waals surface area contributed by atoms with Gasteiger partial charge in [0.05, 0.1) is 0 Å². The van der Waals surface area contributed by atoms with Gasteiger partial charge < -0.3 is 24.8 Å². The van der Waals surface area contributed by atoms with Crippen molar-refractivity contribution >= 4 is 35.5 Å². The minimum absolute atomic E-state index is 0. The summed E-state index contributed by atoms with van der Waals surface area (Å²) < 4.78 is 9.25. The van der Waals surface area contributed by atoms with Crippen LogP contribution in [0.5, 0.6) is 0 Å². The number of esters is 1. The molecule has 70 valence electrons. The van der Waals surface area contributed by atoms with Crippen LogP contribution in [0.4, 0.5) is 0 Å². The summed E-state index contributed by atoms with van der Waals surface area (Å²) in [6.07, 6.45) is -5.94. The summed E-state index contributed by atoms with van der Waals surface area (Å²) in [4.78, 5) is 10.7. The molecule has 0 saturated carbocycles. The maximum atomic E-state index is 10.7. The van der Waals surface area contributed by atoms with Crippen molar-refractivity contribution in [1.29, 1.82) is 0 Å². The summed E-state index contributed by atoms with van der Waals surface area (Å²) in [6, 6.07) is 0. The van der Waals surface area contributed by atoms with Crippen LogP contribution in [0, 0.1) is 0 Å². The SMILES string of the molecule is O=C1O[C@@H]2[C@@H](O)[C@H](O)O[C@@H]2C1O.[NaH]. The van der Waals surface area contributed by atoms with Crippen molar-refractivity contribution in [3.8, 4) is 0 Å². The molecule has 2 aliphatic heterocycles. The second-order valence-electron chi connectivity index (χ2n) is 2.83. The van der Waals surface area contributed by atoms with Crippen LogP contribution in [-0.4, -0.2) is 81.6 Å². The monoisotopic (exact) mass is 200 g/mol. The molecule has 0 radical (unpaired) electrons. The quantitative estimate of drug-likeness (QED) is 0.280. The van der Waals surface area contributed by atoms with Gasteiger partial charge in [0.1, 0.15) is 12.2 Å². The van der Waals surface area contributed by atoms with Crippen LogP contribution < -0.4 is 0 Å². The summed E-state index contributed by atoms with van der Waals surface area (Å²) in [5.74, 6) is -0.823. The van der Waals surface area contributed by atoms with Gasteiger partial charge in [-0.25, -0.2) is 4.79 Å². The molecule has 2 fully saturated rings. The van der Waals surface area contributed by atoms with Crippen molar-refractivity contribution in [3.63, 3.8) is 0 Å². The average molecular weight is 200 g/mol. The van der Waals surface area contributed by atoms with Gasteiger partial charge in [-0.2, -0.15) is 0 Å². The Morgan fingerprint density at radius 2 is 1.77 bits per heavy atom. The van der Waals surface area contributed by atoms with E-state index in [2.05, 4.69) is 9.47 Å². The van der Waals surface area contributed by atoms with Crippen LogP contribution in [-0.2, 0) is 14.3 Å². The Morgan fingerprint density at radius 1 is 1.15 bits per heavy atom. The number of carbonyl (C=O) groups is 1. The molecule has 2 saturated heterocycles. The van der Waals surface area contributed by atoms with Gasteiger partial charge in [0.25, 0.3) is 0 Å². The average Bonchev–Trinajstić information content (AvgIpc) is 2.43. The molecule has 5 atom stereocenters. The van der Waals surface area contributed by atoms with Gasteiger partial charge in [-0.3, -0.25) is 0 Å². The molecule has 2 aliphatic rings. The molecule has 0 bridgehead atoms. The van der Waals surface area contributed by atoms with E-state index >= 15 is 0 Å². The molecule has 0 amide bonds. The fourth-order valence-electron chi connectivity index (χ4n) is 1.40. The molecule has 1 unspecified atom stereocenters. The molecule has 0 aromatic rings. The number of ether oxygens (including phenoxy) is 2. The molecule has 3 N–H and O–H groups in total. The number of hydrogen-bond acceptors (Lipinski definition) is 6. The van der Waals surface area contributed by atoms with E-state index < -0.39 is 36.7 Å². The Balaban J connectivity index is 0.000000845. The second kappa shape index (κ2) is 3.82. The number of hydrogen-bond donors (Lipinski definition) is 3. The van der Waals surface area contributed by atoms with E-state index in [1.54, 1.807) is 0 Å². The molecule has 0 spiro atoms. The molecule has 2 heterocycles. The predicted molar refractivity (Wildman–Crippen MR) is 39.9 cm³/mol. The van der Waals surface area contributed by atoms with Crippen molar-refractivity contribution < 1.29 is 29.6 Å². The normalized spacial score (nSPS) is 48.2. The van der Waals surface area contributed by atoms with Crippen LogP contribution in [0.1, 0.15) is 0 Å². The van der Waals surface area contributed by atoms with Crippen molar-refractivity contribution in [2.45, 2.75) is 30.7 Å². The zero-order valence-corrected chi connectivity index (χ0v) is 5.95. The second-order valence-corrected chi connectivity index (χ2v) is 2.83. The van der Waals surface area contributed by atoms with Gasteiger partial charge in [0, 0.05) is 0 Å². The van der Waals surface area contributed by atoms with Gasteiger partial charge in [-0.1, -0.05) is 0 Å². The van der Waals surface area contributed by atoms with Crippen LogP contribution in [0.3, 0.4) is 0 Å². The summed E-state index contributed by atoms with van der Waals surface area (Å²) in [6.45, 7) is 0. The Kier molecular flexibility index (Phi) is 3.34. The number of aliphatic hydroxyl groups excluding tert-OH is 3. The van der Waals surface area contributed by atoms with Crippen molar-refractivity contribution in [2.75, 3.05) is 0 Å². The van der Waals surface area contributed by atoms with E-state index in [0.29, 0.717) is 0 Å². The van der Waals surface area contributed by atoms with Crippen LogP contribution >= 0.6 is 0 Å². The third kappa shape index (κ3) is 1.63. The fourth-order valence-corrected chi connectivity index (χ4v) is 1.40. The summed E-state index contributed by atoms with van der Waals surface area (Å²) in [5, 5.41) is 27.2. The first-order valence-corrected chi connectivity index (χ1v) is 3.51. The van der Waals surface area contributed by atoms with Crippen LogP contribution in [0.15, 0.2) is 0 Å². The Bertz CT molecular complexity index is 221. The van der Waals surface area contributed by atoms with Crippen LogP contribution in [0.2, 0.25) is 0 Å². The van der Waals surface area contributed by atoms with Crippen LogP contribution in [0.25, 0.3) is 0 Å². The van der Waals surface area contributed by atoms with E-state index in [9.17, 15) is 4.79 Å². The molecule has 6 nitrogen and oxygen atoms in total. The Hall–Kier alpha value is 0.310. The van der Waals surface area contributed by atoms with Gasteiger partial charge in [0.15, 0.2) is 18.5 Å². The Morgan fingerprint density at radius 3 is 2.31 bits per heavy atom. The van der Waals surface area contributed by atoms with Crippen molar-refractivity contribution in [2.24, 2.45) is 0 Å². The summed E-state index contributed by atoms with van der Waals surface area (Å²) in [5.41, 5.74) is 0. The summed E-state index contributed by atoms with van der Waals surface area (Å²) in [7, 11) is 0. The molecule has 0 aliphatic carbocycles. The standard InChI is InChI=1S/C6H8O6.Na.H/c7-1-3-4(12-5(1)9)2(8)6(10)11-3;;/h1-5,7-9H;;/t1-,2?,3-,4-,5-;;/m1../s1. The Labute approximate surface area is 95.7 Å². The molecule has 0 aromatic carbocycles. The van der Waals surface area contributed by atoms with E-state index in [4.69, 9.17) is 15.3 Å². The number of carbonyl (C=O) groups excluding carboxylic acids is 1. The number of fused-ring (bicyclic) bond motifs is 1. The van der Waals surface area contributed by atoms with Gasteiger partial charge >= 0.3 is 35.5 Å². The third-order valence-electron chi connectivity index (χ3n) is 2.05. The molecule has 2 rings (SSSR count). The first-order chi connectivity index (χ1) is 5.61. The van der Waals surface area contributed by atoms with E-state index in [0.717, 1.165) is 0 Å². The van der Waals surface area contributed by atoms with Crippen molar-refractivity contribution in [3.05, 3.63) is 0 Å². The third-order valence-corrected chi connectivity index (χ3v) is 2.05. The molecule has 0 aromatic heterocycles. The van der Waals surface area contributed by atoms with E-state index in [1.165, 1.54) is 0 Å².